The zero-order chi connectivity index (χ0) is 17.0. The first-order valence-electron chi connectivity index (χ1n) is 7.83. The van der Waals surface area contributed by atoms with E-state index >= 15 is 0 Å². The highest BCUT2D eigenvalue weighted by molar-refractivity contribution is 5.92. The van der Waals surface area contributed by atoms with Gasteiger partial charge in [-0.3, -0.25) is 0 Å². The van der Waals surface area contributed by atoms with E-state index in [1.807, 2.05) is 16.8 Å². The molecule has 0 aliphatic rings. The van der Waals surface area contributed by atoms with Gasteiger partial charge in [0.1, 0.15) is 18.7 Å². The standard InChI is InChI=1S/C17H26N6/c1-12(2)13-7-6-8-14(9-13)22-16(18)19-10-15-20-11-21-23(15)17(3,4)5/h6-9,11-12H,10H2,1-5H3,(H3,18,19,22). The van der Waals surface area contributed by atoms with Gasteiger partial charge in [-0.2, -0.15) is 5.10 Å². The van der Waals surface area contributed by atoms with Gasteiger partial charge in [0.2, 0.25) is 0 Å². The molecule has 2 rings (SSSR count). The molecule has 0 amide bonds. The molecule has 2 aromatic rings. The summed E-state index contributed by atoms with van der Waals surface area (Å²) in [5.41, 5.74) is 8.06. The van der Waals surface area contributed by atoms with Crippen molar-refractivity contribution in [1.29, 1.82) is 0 Å². The van der Waals surface area contributed by atoms with Crippen molar-refractivity contribution >= 4 is 11.6 Å². The Kier molecular flexibility index (Phi) is 5.03. The number of nitrogens with one attached hydrogen (secondary N) is 1. The lowest BCUT2D eigenvalue weighted by Crippen LogP contribution is -2.26. The number of aliphatic imine (C=N–C) groups is 1. The van der Waals surface area contributed by atoms with E-state index < -0.39 is 0 Å². The molecule has 0 unspecified atom stereocenters. The van der Waals surface area contributed by atoms with Crippen LogP contribution in [0.1, 0.15) is 51.9 Å². The van der Waals surface area contributed by atoms with Crippen LogP contribution in [0.4, 0.5) is 5.69 Å². The molecular formula is C17H26N6. The van der Waals surface area contributed by atoms with E-state index in [0.29, 0.717) is 18.4 Å². The number of nitrogens with two attached hydrogens (primary N) is 1. The molecule has 124 valence electrons. The third-order valence-electron chi connectivity index (χ3n) is 3.47. The Hall–Kier alpha value is -2.37. The van der Waals surface area contributed by atoms with E-state index in [1.165, 1.54) is 5.56 Å². The number of guanidine groups is 1. The molecule has 6 nitrogen and oxygen atoms in total. The van der Waals surface area contributed by atoms with Gasteiger partial charge in [-0.1, -0.05) is 26.0 Å². The van der Waals surface area contributed by atoms with Crippen molar-refractivity contribution < 1.29 is 0 Å². The highest BCUT2D eigenvalue weighted by atomic mass is 15.4. The average Bonchev–Trinajstić information content (AvgIpc) is 2.94. The molecule has 0 aliphatic carbocycles. The van der Waals surface area contributed by atoms with Crippen LogP contribution < -0.4 is 11.1 Å². The van der Waals surface area contributed by atoms with Crippen molar-refractivity contribution in [3.05, 3.63) is 42.0 Å². The quantitative estimate of drug-likeness (QED) is 0.671. The molecular weight excluding hydrogens is 288 g/mol. The second-order valence-corrected chi connectivity index (χ2v) is 6.87. The molecule has 0 aliphatic heterocycles. The highest BCUT2D eigenvalue weighted by Gasteiger charge is 2.17. The first-order valence-corrected chi connectivity index (χ1v) is 7.83. The van der Waals surface area contributed by atoms with Gasteiger partial charge < -0.3 is 11.1 Å². The smallest absolute Gasteiger partial charge is 0.193 e. The van der Waals surface area contributed by atoms with E-state index in [4.69, 9.17) is 5.73 Å². The summed E-state index contributed by atoms with van der Waals surface area (Å²) >= 11 is 0. The van der Waals surface area contributed by atoms with Gasteiger partial charge in [0.25, 0.3) is 0 Å². The Bertz CT molecular complexity index is 678. The Morgan fingerprint density at radius 3 is 2.74 bits per heavy atom. The van der Waals surface area contributed by atoms with E-state index in [2.05, 4.69) is 67.1 Å². The van der Waals surface area contributed by atoms with Crippen LogP contribution in [-0.4, -0.2) is 20.7 Å². The number of rotatable bonds is 4. The number of nitrogens with zero attached hydrogens (tertiary/aromatic N) is 4. The summed E-state index contributed by atoms with van der Waals surface area (Å²) in [6.45, 7) is 10.9. The lowest BCUT2D eigenvalue weighted by atomic mass is 10.0. The van der Waals surface area contributed by atoms with E-state index in [0.717, 1.165) is 11.5 Å². The molecule has 0 saturated carbocycles. The van der Waals surface area contributed by atoms with Crippen LogP contribution in [0.3, 0.4) is 0 Å². The molecule has 0 radical (unpaired) electrons. The zero-order valence-corrected chi connectivity index (χ0v) is 14.5. The van der Waals surface area contributed by atoms with Gasteiger partial charge in [0.05, 0.1) is 5.54 Å². The van der Waals surface area contributed by atoms with Crippen LogP contribution in [0.2, 0.25) is 0 Å². The van der Waals surface area contributed by atoms with Crippen molar-refractivity contribution in [3.63, 3.8) is 0 Å². The maximum atomic E-state index is 5.99. The lowest BCUT2D eigenvalue weighted by Gasteiger charge is -2.20. The minimum absolute atomic E-state index is 0.130. The predicted molar refractivity (Wildman–Crippen MR) is 94.5 cm³/mol. The minimum Gasteiger partial charge on any atom is -0.370 e. The van der Waals surface area contributed by atoms with Crippen LogP contribution >= 0.6 is 0 Å². The summed E-state index contributed by atoms with van der Waals surface area (Å²) in [6, 6.07) is 8.19. The third kappa shape index (κ3) is 4.55. The van der Waals surface area contributed by atoms with E-state index in [9.17, 15) is 0 Å². The maximum Gasteiger partial charge on any atom is 0.193 e. The van der Waals surface area contributed by atoms with Crippen LogP contribution in [0.25, 0.3) is 0 Å². The van der Waals surface area contributed by atoms with E-state index in [-0.39, 0.29) is 5.54 Å². The molecule has 0 atom stereocenters. The van der Waals surface area contributed by atoms with E-state index in [1.54, 1.807) is 6.33 Å². The summed E-state index contributed by atoms with van der Waals surface area (Å²) in [4.78, 5) is 8.63. The highest BCUT2D eigenvalue weighted by Crippen LogP contribution is 2.18. The zero-order valence-electron chi connectivity index (χ0n) is 14.5. The number of benzene rings is 1. The number of aromatic nitrogens is 3. The van der Waals surface area contributed by atoms with Crippen molar-refractivity contribution in [2.45, 2.75) is 52.6 Å². The third-order valence-corrected chi connectivity index (χ3v) is 3.47. The normalized spacial score (nSPS) is 12.7. The molecule has 6 heteroatoms. The first kappa shape index (κ1) is 17.0. The van der Waals surface area contributed by atoms with Crippen LogP contribution in [0, 0.1) is 0 Å². The van der Waals surface area contributed by atoms with Crippen LogP contribution in [0.15, 0.2) is 35.6 Å². The molecule has 0 saturated heterocycles. The number of hydrogen-bond donors (Lipinski definition) is 2. The van der Waals surface area contributed by atoms with Gasteiger partial charge in [0, 0.05) is 5.69 Å². The predicted octanol–water partition coefficient (Wildman–Crippen LogP) is 3.08. The summed E-state index contributed by atoms with van der Waals surface area (Å²) in [7, 11) is 0. The Morgan fingerprint density at radius 2 is 2.09 bits per heavy atom. The van der Waals surface area contributed by atoms with Crippen molar-refractivity contribution in [3.8, 4) is 0 Å². The summed E-state index contributed by atoms with van der Waals surface area (Å²) in [5, 5.41) is 7.38. The van der Waals surface area contributed by atoms with Gasteiger partial charge in [-0.05, 0) is 44.4 Å². The monoisotopic (exact) mass is 314 g/mol. The van der Waals surface area contributed by atoms with Crippen molar-refractivity contribution in [1.82, 2.24) is 14.8 Å². The SMILES string of the molecule is CC(C)c1cccc(NC(N)=NCc2ncnn2C(C)(C)C)c1. The van der Waals surface area contributed by atoms with Gasteiger partial charge >= 0.3 is 0 Å². The fourth-order valence-electron chi connectivity index (χ4n) is 2.25. The number of hydrogen-bond acceptors (Lipinski definition) is 3. The molecule has 0 fully saturated rings. The molecule has 1 aromatic carbocycles. The fourth-order valence-corrected chi connectivity index (χ4v) is 2.25. The Labute approximate surface area is 137 Å². The minimum atomic E-state index is -0.130. The van der Waals surface area contributed by atoms with Crippen molar-refractivity contribution in [2.75, 3.05) is 5.32 Å². The van der Waals surface area contributed by atoms with Crippen LogP contribution in [-0.2, 0) is 12.1 Å². The summed E-state index contributed by atoms with van der Waals surface area (Å²) in [5.74, 6) is 1.63. The summed E-state index contributed by atoms with van der Waals surface area (Å²) in [6.07, 6.45) is 1.55. The molecule has 23 heavy (non-hydrogen) atoms. The van der Waals surface area contributed by atoms with Gasteiger partial charge in [0.15, 0.2) is 5.96 Å². The Morgan fingerprint density at radius 1 is 1.35 bits per heavy atom. The number of anilines is 1. The maximum absolute atomic E-state index is 5.99. The molecule has 3 N–H and O–H groups in total. The Balaban J connectivity index is 2.07. The summed E-state index contributed by atoms with van der Waals surface area (Å²) < 4.78 is 1.86. The molecule has 1 heterocycles. The first-order chi connectivity index (χ1) is 10.8. The van der Waals surface area contributed by atoms with Gasteiger partial charge in [-0.15, -0.1) is 0 Å². The van der Waals surface area contributed by atoms with Crippen LogP contribution in [0.5, 0.6) is 0 Å². The van der Waals surface area contributed by atoms with Crippen molar-refractivity contribution in [2.24, 2.45) is 10.7 Å². The molecule has 0 bridgehead atoms. The molecule has 0 spiro atoms. The fraction of sp³-hybridized carbons (Fsp3) is 0.471. The lowest BCUT2D eigenvalue weighted by molar-refractivity contribution is 0.342. The average molecular weight is 314 g/mol. The topological polar surface area (TPSA) is 81.1 Å². The second-order valence-electron chi connectivity index (χ2n) is 6.87. The van der Waals surface area contributed by atoms with Gasteiger partial charge in [-0.25, -0.2) is 14.7 Å². The largest absolute Gasteiger partial charge is 0.370 e. The molecule has 1 aromatic heterocycles. The second kappa shape index (κ2) is 6.81.